The zero-order valence-electron chi connectivity index (χ0n) is 10.5. The molecule has 98 valence electrons. The molecule has 1 heterocycles. The Kier molecular flexibility index (Phi) is 2.73. The maximum Gasteiger partial charge on any atom is 0.318 e. The molecule has 4 nitrogen and oxygen atoms in total. The number of rotatable bonds is 1. The summed E-state index contributed by atoms with van der Waals surface area (Å²) in [5.41, 5.74) is 0.921. The Morgan fingerprint density at radius 1 is 1.00 bits per heavy atom. The van der Waals surface area contributed by atoms with Crippen LogP contribution in [0.25, 0.3) is 0 Å². The minimum atomic E-state index is -0.596. The molecule has 0 bridgehead atoms. The van der Waals surface area contributed by atoms with Crippen molar-refractivity contribution >= 4 is 17.7 Å². The van der Waals surface area contributed by atoms with Crippen molar-refractivity contribution in [1.82, 2.24) is 0 Å². The molecular weight excluding hydrogens is 244 g/mol. The van der Waals surface area contributed by atoms with E-state index < -0.39 is 23.8 Å². The Balaban J connectivity index is 2.06. The van der Waals surface area contributed by atoms with Gasteiger partial charge in [0.25, 0.3) is 0 Å². The molecule has 19 heavy (non-hydrogen) atoms. The molecule has 4 atom stereocenters. The van der Waals surface area contributed by atoms with Crippen molar-refractivity contribution in [1.29, 1.82) is 0 Å². The summed E-state index contributed by atoms with van der Waals surface area (Å²) in [5.74, 6) is -2.63. The summed E-state index contributed by atoms with van der Waals surface area (Å²) in [4.78, 5) is 35.6. The first-order valence-corrected chi connectivity index (χ1v) is 6.43. The van der Waals surface area contributed by atoms with Gasteiger partial charge in [0, 0.05) is 18.3 Å². The highest BCUT2D eigenvalue weighted by Gasteiger charge is 2.55. The summed E-state index contributed by atoms with van der Waals surface area (Å²) < 4.78 is 4.73. The molecular formula is C15H14O4. The van der Waals surface area contributed by atoms with E-state index in [1.807, 2.05) is 37.3 Å². The molecule has 3 rings (SSSR count). The number of ketones is 1. The van der Waals surface area contributed by atoms with Gasteiger partial charge in [0.05, 0.1) is 11.8 Å². The predicted octanol–water partition coefficient (Wildman–Crippen LogP) is 1.69. The van der Waals surface area contributed by atoms with Gasteiger partial charge >= 0.3 is 11.9 Å². The van der Waals surface area contributed by atoms with E-state index in [-0.39, 0.29) is 24.0 Å². The Morgan fingerprint density at radius 2 is 1.68 bits per heavy atom. The summed E-state index contributed by atoms with van der Waals surface area (Å²) in [6, 6.07) is 9.42. The van der Waals surface area contributed by atoms with Crippen LogP contribution in [0.3, 0.4) is 0 Å². The van der Waals surface area contributed by atoms with E-state index in [1.165, 1.54) is 0 Å². The van der Waals surface area contributed by atoms with Gasteiger partial charge in [0.1, 0.15) is 5.78 Å². The molecule has 1 aliphatic carbocycles. The van der Waals surface area contributed by atoms with Crippen LogP contribution in [0.15, 0.2) is 30.3 Å². The molecule has 0 aromatic heterocycles. The maximum absolute atomic E-state index is 12.1. The molecule has 1 saturated carbocycles. The highest BCUT2D eigenvalue weighted by atomic mass is 16.6. The third-order valence-corrected chi connectivity index (χ3v) is 4.25. The molecule has 0 spiro atoms. The standard InChI is InChI=1S/C15H14O4/c1-8-11(16)7-10-13(15(18)19-14(10)17)12(8)9-5-3-2-4-6-9/h2-6,8,10,12-13H,7H2,1H3/t8-,10+,12-,13-/m0/s1. The van der Waals surface area contributed by atoms with Gasteiger partial charge in [-0.05, 0) is 5.56 Å². The van der Waals surface area contributed by atoms with E-state index >= 15 is 0 Å². The van der Waals surface area contributed by atoms with Crippen LogP contribution < -0.4 is 0 Å². The molecule has 0 radical (unpaired) electrons. The van der Waals surface area contributed by atoms with Gasteiger partial charge in [-0.2, -0.15) is 0 Å². The van der Waals surface area contributed by atoms with Crippen LogP contribution in [-0.4, -0.2) is 17.7 Å². The number of benzene rings is 1. The van der Waals surface area contributed by atoms with Crippen LogP contribution >= 0.6 is 0 Å². The molecule has 1 aromatic rings. The number of carbonyl (C=O) groups excluding carboxylic acids is 3. The molecule has 1 aromatic carbocycles. The lowest BCUT2D eigenvalue weighted by Crippen LogP contribution is -2.39. The molecule has 1 saturated heterocycles. The number of cyclic esters (lactones) is 2. The third-order valence-electron chi connectivity index (χ3n) is 4.25. The van der Waals surface area contributed by atoms with Crippen LogP contribution in [-0.2, 0) is 19.1 Å². The summed E-state index contributed by atoms with van der Waals surface area (Å²) in [6.45, 7) is 1.83. The zero-order chi connectivity index (χ0) is 13.6. The molecule has 2 aliphatic rings. The monoisotopic (exact) mass is 258 g/mol. The second-order valence-corrected chi connectivity index (χ2v) is 5.27. The van der Waals surface area contributed by atoms with Gasteiger partial charge < -0.3 is 4.74 Å². The van der Waals surface area contributed by atoms with Crippen LogP contribution in [0.1, 0.15) is 24.8 Å². The molecule has 0 amide bonds. The Hall–Kier alpha value is -1.97. The number of esters is 2. The van der Waals surface area contributed by atoms with E-state index in [9.17, 15) is 14.4 Å². The zero-order valence-corrected chi connectivity index (χ0v) is 10.5. The first-order valence-electron chi connectivity index (χ1n) is 6.43. The van der Waals surface area contributed by atoms with Crippen molar-refractivity contribution in [2.75, 3.05) is 0 Å². The maximum atomic E-state index is 12.1. The minimum absolute atomic E-state index is 0.0294. The smallest absolute Gasteiger partial charge is 0.318 e. The van der Waals surface area contributed by atoms with Gasteiger partial charge in [0.2, 0.25) is 0 Å². The van der Waals surface area contributed by atoms with Gasteiger partial charge in [-0.3, -0.25) is 14.4 Å². The molecule has 1 aliphatic heterocycles. The fourth-order valence-corrected chi connectivity index (χ4v) is 3.25. The van der Waals surface area contributed by atoms with Crippen LogP contribution in [0, 0.1) is 17.8 Å². The lowest BCUT2D eigenvalue weighted by molar-refractivity contribution is -0.154. The van der Waals surface area contributed by atoms with E-state index in [0.717, 1.165) is 5.56 Å². The average Bonchev–Trinajstić information content (AvgIpc) is 2.67. The van der Waals surface area contributed by atoms with E-state index in [1.54, 1.807) is 0 Å². The Morgan fingerprint density at radius 3 is 2.37 bits per heavy atom. The lowest BCUT2D eigenvalue weighted by atomic mass is 9.65. The average molecular weight is 258 g/mol. The second-order valence-electron chi connectivity index (χ2n) is 5.27. The number of hydrogen-bond acceptors (Lipinski definition) is 4. The summed E-state index contributed by atoms with van der Waals surface area (Å²) in [7, 11) is 0. The van der Waals surface area contributed by atoms with Crippen LogP contribution in [0.2, 0.25) is 0 Å². The fourth-order valence-electron chi connectivity index (χ4n) is 3.25. The van der Waals surface area contributed by atoms with Crippen LogP contribution in [0.4, 0.5) is 0 Å². The SMILES string of the molecule is C[C@H]1C(=O)C[C@H]2C(=O)OC(=O)[C@@H]2[C@@H]1c1ccccc1. The lowest BCUT2D eigenvalue weighted by Gasteiger charge is -2.34. The van der Waals surface area contributed by atoms with Crippen molar-refractivity contribution in [2.24, 2.45) is 17.8 Å². The predicted molar refractivity (Wildman–Crippen MR) is 66.1 cm³/mol. The number of hydrogen-bond donors (Lipinski definition) is 0. The second kappa shape index (κ2) is 4.30. The third kappa shape index (κ3) is 1.79. The Bertz CT molecular complexity index is 549. The number of ether oxygens (including phenoxy) is 1. The quantitative estimate of drug-likeness (QED) is 0.568. The first-order chi connectivity index (χ1) is 9.09. The van der Waals surface area contributed by atoms with Gasteiger partial charge in [-0.25, -0.2) is 0 Å². The normalized spacial score (nSPS) is 34.1. The van der Waals surface area contributed by atoms with Crippen molar-refractivity contribution in [3.63, 3.8) is 0 Å². The van der Waals surface area contributed by atoms with E-state index in [0.29, 0.717) is 0 Å². The summed E-state index contributed by atoms with van der Waals surface area (Å²) in [5, 5.41) is 0. The molecule has 4 heteroatoms. The largest absolute Gasteiger partial charge is 0.393 e. The van der Waals surface area contributed by atoms with Gasteiger partial charge in [-0.15, -0.1) is 0 Å². The summed E-state index contributed by atoms with van der Waals surface area (Å²) >= 11 is 0. The highest BCUT2D eigenvalue weighted by molar-refractivity contribution is 6.01. The molecule has 0 N–H and O–H groups in total. The van der Waals surface area contributed by atoms with Gasteiger partial charge in [0.15, 0.2) is 0 Å². The van der Waals surface area contributed by atoms with Crippen molar-refractivity contribution < 1.29 is 19.1 Å². The minimum Gasteiger partial charge on any atom is -0.393 e. The fraction of sp³-hybridized carbons (Fsp3) is 0.400. The van der Waals surface area contributed by atoms with Crippen molar-refractivity contribution in [3.8, 4) is 0 Å². The number of fused-ring (bicyclic) bond motifs is 1. The molecule has 0 unspecified atom stereocenters. The van der Waals surface area contributed by atoms with Gasteiger partial charge in [-0.1, -0.05) is 37.3 Å². The summed E-state index contributed by atoms with van der Waals surface area (Å²) in [6.07, 6.45) is 0.125. The number of Topliss-reactive ketones (excluding diaryl/α,β-unsaturated/α-hetero) is 1. The first kappa shape index (κ1) is 12.1. The van der Waals surface area contributed by atoms with E-state index in [4.69, 9.17) is 4.74 Å². The topological polar surface area (TPSA) is 60.4 Å². The number of carbonyl (C=O) groups is 3. The highest BCUT2D eigenvalue weighted by Crippen LogP contribution is 2.47. The van der Waals surface area contributed by atoms with E-state index in [2.05, 4.69) is 0 Å². The van der Waals surface area contributed by atoms with Crippen LogP contribution in [0.5, 0.6) is 0 Å². The van der Waals surface area contributed by atoms with Crippen molar-refractivity contribution in [2.45, 2.75) is 19.3 Å². The van der Waals surface area contributed by atoms with Crippen molar-refractivity contribution in [3.05, 3.63) is 35.9 Å². The molecule has 2 fully saturated rings. The Labute approximate surface area is 110 Å².